The van der Waals surface area contributed by atoms with Crippen molar-refractivity contribution >= 4 is 17.4 Å². The molecule has 1 aromatic heterocycles. The van der Waals surface area contributed by atoms with Gasteiger partial charge >= 0.3 is 0 Å². The van der Waals surface area contributed by atoms with E-state index in [-0.39, 0.29) is 22.8 Å². The third kappa shape index (κ3) is 2.57. The van der Waals surface area contributed by atoms with Crippen molar-refractivity contribution in [2.75, 3.05) is 0 Å². The molecule has 0 fully saturated rings. The molecule has 0 radical (unpaired) electrons. The molecule has 0 saturated carbocycles. The van der Waals surface area contributed by atoms with E-state index in [1.807, 2.05) is 13.0 Å². The van der Waals surface area contributed by atoms with Crippen molar-refractivity contribution in [1.82, 2.24) is 4.98 Å². The lowest BCUT2D eigenvalue weighted by molar-refractivity contribution is 0.0991. The maximum atomic E-state index is 13.3. The van der Waals surface area contributed by atoms with Gasteiger partial charge in [-0.25, -0.2) is 4.39 Å². The van der Waals surface area contributed by atoms with Crippen LogP contribution in [0.3, 0.4) is 0 Å². The number of rotatable bonds is 3. The number of ketones is 1. The molecular formula is C14H11ClFNO. The van der Waals surface area contributed by atoms with Crippen LogP contribution in [-0.4, -0.2) is 10.8 Å². The van der Waals surface area contributed by atoms with E-state index in [1.165, 1.54) is 18.2 Å². The first-order valence-electron chi connectivity index (χ1n) is 5.47. The lowest BCUT2D eigenvalue weighted by Crippen LogP contribution is -2.07. The zero-order valence-electron chi connectivity index (χ0n) is 9.78. The van der Waals surface area contributed by atoms with Crippen molar-refractivity contribution in [2.45, 2.75) is 13.3 Å². The summed E-state index contributed by atoms with van der Waals surface area (Å²) in [4.78, 5) is 16.2. The zero-order valence-corrected chi connectivity index (χ0v) is 10.5. The minimum atomic E-state index is -0.583. The largest absolute Gasteiger partial charge is 0.294 e. The Morgan fingerprint density at radius 2 is 2.11 bits per heavy atom. The van der Waals surface area contributed by atoms with Crippen LogP contribution in [-0.2, 0) is 6.42 Å². The number of pyridine rings is 1. The van der Waals surface area contributed by atoms with Gasteiger partial charge in [0.15, 0.2) is 5.78 Å². The van der Waals surface area contributed by atoms with E-state index < -0.39 is 5.82 Å². The van der Waals surface area contributed by atoms with E-state index in [0.717, 1.165) is 5.56 Å². The Morgan fingerprint density at radius 3 is 2.83 bits per heavy atom. The number of halogens is 2. The number of hydrogen-bond donors (Lipinski definition) is 0. The summed E-state index contributed by atoms with van der Waals surface area (Å²) in [6.07, 6.45) is 1.75. The summed E-state index contributed by atoms with van der Waals surface area (Å²) in [5, 5.41) is -0.129. The van der Waals surface area contributed by atoms with Crippen LogP contribution < -0.4 is 0 Å². The average molecular weight is 264 g/mol. The fourth-order valence-corrected chi connectivity index (χ4v) is 1.90. The Labute approximate surface area is 109 Å². The summed E-state index contributed by atoms with van der Waals surface area (Å²) in [6.45, 7) is 1.88. The molecule has 0 unspecified atom stereocenters. The molecule has 2 rings (SSSR count). The summed E-state index contributed by atoms with van der Waals surface area (Å²) in [6, 6.07) is 7.90. The van der Waals surface area contributed by atoms with Crippen LogP contribution in [0.2, 0.25) is 5.02 Å². The van der Waals surface area contributed by atoms with Crippen molar-refractivity contribution in [3.63, 3.8) is 0 Å². The first kappa shape index (κ1) is 12.7. The van der Waals surface area contributed by atoms with Crippen molar-refractivity contribution in [2.24, 2.45) is 0 Å². The van der Waals surface area contributed by atoms with Crippen LogP contribution in [0.25, 0.3) is 0 Å². The normalized spacial score (nSPS) is 10.4. The van der Waals surface area contributed by atoms with Gasteiger partial charge in [-0.2, -0.15) is 0 Å². The molecule has 2 aromatic rings. The first-order chi connectivity index (χ1) is 8.59. The summed E-state index contributed by atoms with van der Waals surface area (Å²) in [5.74, 6) is -0.818. The molecule has 0 aliphatic carbocycles. The van der Waals surface area contributed by atoms with Crippen molar-refractivity contribution in [3.05, 3.63) is 64.2 Å². The first-order valence-corrected chi connectivity index (χ1v) is 5.85. The SMILES string of the molecule is Cc1cccnc1CC(=O)c1cccc(F)c1Cl. The Morgan fingerprint density at radius 1 is 1.33 bits per heavy atom. The highest BCUT2D eigenvalue weighted by Gasteiger charge is 2.15. The van der Waals surface area contributed by atoms with Gasteiger partial charge in [0.2, 0.25) is 0 Å². The van der Waals surface area contributed by atoms with Gasteiger partial charge in [0.1, 0.15) is 5.82 Å². The Balaban J connectivity index is 2.28. The fraction of sp³-hybridized carbons (Fsp3) is 0.143. The summed E-state index contributed by atoms with van der Waals surface area (Å²) >= 11 is 5.78. The summed E-state index contributed by atoms with van der Waals surface area (Å²) < 4.78 is 13.3. The van der Waals surface area contributed by atoms with Crippen LogP contribution in [0.5, 0.6) is 0 Å². The fourth-order valence-electron chi connectivity index (χ4n) is 1.67. The highest BCUT2D eigenvalue weighted by Crippen LogP contribution is 2.21. The van der Waals surface area contributed by atoms with E-state index in [1.54, 1.807) is 12.3 Å². The van der Waals surface area contributed by atoms with E-state index in [4.69, 9.17) is 11.6 Å². The van der Waals surface area contributed by atoms with Crippen LogP contribution in [0, 0.1) is 12.7 Å². The standard InChI is InChI=1S/C14H11ClFNO/c1-9-4-3-7-17-12(9)8-13(18)10-5-2-6-11(16)14(10)15/h2-7H,8H2,1H3. The number of carbonyl (C=O) groups excluding carboxylic acids is 1. The molecule has 2 nitrogen and oxygen atoms in total. The van der Waals surface area contributed by atoms with E-state index in [2.05, 4.69) is 4.98 Å². The molecule has 0 bridgehead atoms. The third-order valence-corrected chi connectivity index (χ3v) is 3.08. The van der Waals surface area contributed by atoms with Crippen LogP contribution in [0.15, 0.2) is 36.5 Å². The van der Waals surface area contributed by atoms with Crippen molar-refractivity contribution < 1.29 is 9.18 Å². The van der Waals surface area contributed by atoms with Crippen molar-refractivity contribution in [1.29, 1.82) is 0 Å². The Hall–Kier alpha value is -1.74. The highest BCUT2D eigenvalue weighted by atomic mass is 35.5. The number of nitrogens with zero attached hydrogens (tertiary/aromatic N) is 1. The summed E-state index contributed by atoms with van der Waals surface area (Å²) in [7, 11) is 0. The number of aromatic nitrogens is 1. The monoisotopic (exact) mass is 263 g/mol. The lowest BCUT2D eigenvalue weighted by atomic mass is 10.0. The maximum absolute atomic E-state index is 13.3. The third-order valence-electron chi connectivity index (χ3n) is 2.70. The molecule has 0 aliphatic heterocycles. The molecule has 0 aliphatic rings. The van der Waals surface area contributed by atoms with Crippen LogP contribution in [0.1, 0.15) is 21.6 Å². The predicted octanol–water partition coefficient (Wildman–Crippen LogP) is 3.61. The topological polar surface area (TPSA) is 30.0 Å². The van der Waals surface area contributed by atoms with Gasteiger partial charge in [0.05, 0.1) is 17.1 Å². The number of aryl methyl sites for hydroxylation is 1. The highest BCUT2D eigenvalue weighted by molar-refractivity contribution is 6.34. The molecule has 1 aromatic carbocycles. The number of carbonyl (C=O) groups is 1. The smallest absolute Gasteiger partial charge is 0.170 e. The van der Waals surface area contributed by atoms with E-state index in [0.29, 0.717) is 5.69 Å². The average Bonchev–Trinajstić information content (AvgIpc) is 2.35. The van der Waals surface area contributed by atoms with Gasteiger partial charge in [-0.15, -0.1) is 0 Å². The quantitative estimate of drug-likeness (QED) is 0.792. The van der Waals surface area contributed by atoms with Gasteiger partial charge in [-0.3, -0.25) is 9.78 Å². The minimum absolute atomic E-state index is 0.121. The predicted molar refractivity (Wildman–Crippen MR) is 68.4 cm³/mol. The molecule has 0 saturated heterocycles. The second-order valence-corrected chi connectivity index (χ2v) is 4.35. The molecule has 0 amide bonds. The van der Waals surface area contributed by atoms with Gasteiger partial charge in [-0.1, -0.05) is 23.7 Å². The maximum Gasteiger partial charge on any atom is 0.170 e. The summed E-state index contributed by atoms with van der Waals surface area (Å²) in [5.41, 5.74) is 1.81. The molecular weight excluding hydrogens is 253 g/mol. The number of benzene rings is 1. The zero-order chi connectivity index (χ0) is 13.1. The Kier molecular flexibility index (Phi) is 3.72. The van der Waals surface area contributed by atoms with E-state index >= 15 is 0 Å². The number of hydrogen-bond acceptors (Lipinski definition) is 2. The van der Waals surface area contributed by atoms with Gasteiger partial charge in [0.25, 0.3) is 0 Å². The Bertz CT molecular complexity index is 598. The molecule has 18 heavy (non-hydrogen) atoms. The number of Topliss-reactive ketones (excluding diaryl/α,β-unsaturated/α-hetero) is 1. The minimum Gasteiger partial charge on any atom is -0.294 e. The van der Waals surface area contributed by atoms with Crippen LogP contribution >= 0.6 is 11.6 Å². The van der Waals surface area contributed by atoms with Gasteiger partial charge < -0.3 is 0 Å². The van der Waals surface area contributed by atoms with Crippen molar-refractivity contribution in [3.8, 4) is 0 Å². The molecule has 0 N–H and O–H groups in total. The second-order valence-electron chi connectivity index (χ2n) is 3.97. The van der Waals surface area contributed by atoms with Crippen LogP contribution in [0.4, 0.5) is 4.39 Å². The molecule has 0 spiro atoms. The molecule has 0 atom stereocenters. The van der Waals surface area contributed by atoms with Gasteiger partial charge in [-0.05, 0) is 30.7 Å². The molecule has 92 valence electrons. The molecule has 1 heterocycles. The van der Waals surface area contributed by atoms with Gasteiger partial charge in [0, 0.05) is 11.8 Å². The molecule has 4 heteroatoms. The lowest BCUT2D eigenvalue weighted by Gasteiger charge is -2.06. The van der Waals surface area contributed by atoms with E-state index in [9.17, 15) is 9.18 Å². The second kappa shape index (κ2) is 5.27.